The number of ether oxygens (including phenoxy) is 1. The molecule has 0 bridgehead atoms. The van der Waals surface area contributed by atoms with Gasteiger partial charge >= 0.3 is 0 Å². The first kappa shape index (κ1) is 21.6. The van der Waals surface area contributed by atoms with Gasteiger partial charge in [0.05, 0.1) is 11.6 Å². The highest BCUT2D eigenvalue weighted by molar-refractivity contribution is 6.32. The van der Waals surface area contributed by atoms with Gasteiger partial charge in [-0.1, -0.05) is 48.0 Å². The normalized spacial score (nSPS) is 10.7. The van der Waals surface area contributed by atoms with Gasteiger partial charge in [-0.25, -0.2) is 4.39 Å². The Kier molecular flexibility index (Phi) is 6.52. The summed E-state index contributed by atoms with van der Waals surface area (Å²) in [4.78, 5) is 12.7. The summed E-state index contributed by atoms with van der Waals surface area (Å²) in [5.74, 6) is 0.401. The number of aryl methyl sites for hydroxylation is 1. The van der Waals surface area contributed by atoms with Crippen molar-refractivity contribution in [1.82, 2.24) is 9.78 Å². The molecule has 3 aromatic carbocycles. The van der Waals surface area contributed by atoms with Gasteiger partial charge in [-0.05, 0) is 48.4 Å². The highest BCUT2D eigenvalue weighted by atomic mass is 35.5. The number of rotatable bonds is 7. The van der Waals surface area contributed by atoms with Crippen LogP contribution in [0.5, 0.6) is 5.75 Å². The molecule has 0 fully saturated rings. The van der Waals surface area contributed by atoms with Gasteiger partial charge in [-0.15, -0.1) is 0 Å². The maximum Gasteiger partial charge on any atom is 0.256 e. The lowest BCUT2D eigenvalue weighted by Gasteiger charge is -2.10. The number of aromatic nitrogens is 2. The molecule has 0 radical (unpaired) electrons. The van der Waals surface area contributed by atoms with Crippen LogP contribution >= 0.6 is 11.6 Å². The van der Waals surface area contributed by atoms with Crippen molar-refractivity contribution in [2.75, 3.05) is 5.32 Å². The molecule has 4 aromatic rings. The maximum absolute atomic E-state index is 13.8. The Bertz CT molecular complexity index is 1260. The lowest BCUT2D eigenvalue weighted by molar-refractivity contribution is 0.102. The van der Waals surface area contributed by atoms with Crippen molar-refractivity contribution in [1.29, 1.82) is 0 Å². The van der Waals surface area contributed by atoms with Gasteiger partial charge in [0.15, 0.2) is 5.82 Å². The average Bonchev–Trinajstić information content (AvgIpc) is 3.23. The zero-order valence-electron chi connectivity index (χ0n) is 17.4. The summed E-state index contributed by atoms with van der Waals surface area (Å²) >= 11 is 6.18. The summed E-state index contributed by atoms with van der Waals surface area (Å²) in [6.45, 7) is 2.52. The molecule has 5 nitrogen and oxygen atoms in total. The van der Waals surface area contributed by atoms with Crippen LogP contribution in [0.2, 0.25) is 5.02 Å². The Morgan fingerprint density at radius 3 is 2.78 bits per heavy atom. The molecule has 0 saturated heterocycles. The van der Waals surface area contributed by atoms with E-state index >= 15 is 0 Å². The van der Waals surface area contributed by atoms with Gasteiger partial charge in [-0.2, -0.15) is 5.10 Å². The molecule has 4 rings (SSSR count). The summed E-state index contributed by atoms with van der Waals surface area (Å²) in [6.07, 6.45) is 1.69. The predicted molar refractivity (Wildman–Crippen MR) is 123 cm³/mol. The van der Waals surface area contributed by atoms with E-state index in [0.29, 0.717) is 27.7 Å². The summed E-state index contributed by atoms with van der Waals surface area (Å²) in [6, 6.07) is 20.9. The van der Waals surface area contributed by atoms with Crippen LogP contribution in [-0.2, 0) is 13.2 Å². The Hall–Kier alpha value is -3.64. The van der Waals surface area contributed by atoms with Crippen molar-refractivity contribution in [2.45, 2.75) is 20.1 Å². The molecule has 1 N–H and O–H groups in total. The fourth-order valence-corrected chi connectivity index (χ4v) is 3.36. The van der Waals surface area contributed by atoms with Gasteiger partial charge in [-0.3, -0.25) is 9.48 Å². The van der Waals surface area contributed by atoms with E-state index < -0.39 is 0 Å². The van der Waals surface area contributed by atoms with Crippen LogP contribution in [0, 0.1) is 12.7 Å². The van der Waals surface area contributed by atoms with E-state index in [4.69, 9.17) is 16.3 Å². The Morgan fingerprint density at radius 1 is 1.09 bits per heavy atom. The molecular weight excluding hydrogens is 429 g/mol. The lowest BCUT2D eigenvalue weighted by Crippen LogP contribution is -2.13. The van der Waals surface area contributed by atoms with E-state index in [1.165, 1.54) is 6.07 Å². The van der Waals surface area contributed by atoms with Crippen molar-refractivity contribution in [3.8, 4) is 5.75 Å². The molecule has 1 heterocycles. The quantitative estimate of drug-likeness (QED) is 0.384. The smallest absolute Gasteiger partial charge is 0.256 e. The highest BCUT2D eigenvalue weighted by Gasteiger charge is 2.10. The molecule has 0 saturated carbocycles. The summed E-state index contributed by atoms with van der Waals surface area (Å²) in [5, 5.41) is 7.61. The van der Waals surface area contributed by atoms with E-state index in [1.807, 2.05) is 25.1 Å². The van der Waals surface area contributed by atoms with E-state index in [-0.39, 0.29) is 24.9 Å². The van der Waals surface area contributed by atoms with Gasteiger partial charge < -0.3 is 10.1 Å². The van der Waals surface area contributed by atoms with Gasteiger partial charge in [0.25, 0.3) is 5.91 Å². The minimum atomic E-state index is -0.295. The Labute approximate surface area is 190 Å². The Morgan fingerprint density at radius 2 is 1.94 bits per heavy atom. The van der Waals surface area contributed by atoms with E-state index in [2.05, 4.69) is 10.4 Å². The number of anilines is 1. The number of carbonyl (C=O) groups excluding carboxylic acids is 1. The molecule has 1 aromatic heterocycles. The summed E-state index contributed by atoms with van der Waals surface area (Å²) in [5.41, 5.74) is 2.88. The fraction of sp³-hybridized carbons (Fsp3) is 0.120. The zero-order chi connectivity index (χ0) is 22.5. The van der Waals surface area contributed by atoms with Crippen molar-refractivity contribution < 1.29 is 13.9 Å². The molecule has 7 heteroatoms. The molecule has 0 atom stereocenters. The van der Waals surface area contributed by atoms with Crippen LogP contribution in [0.1, 0.15) is 27.0 Å². The van der Waals surface area contributed by atoms with Gasteiger partial charge in [0, 0.05) is 23.4 Å². The van der Waals surface area contributed by atoms with Gasteiger partial charge in [0.1, 0.15) is 18.2 Å². The highest BCUT2D eigenvalue weighted by Crippen LogP contribution is 2.26. The number of halogens is 2. The van der Waals surface area contributed by atoms with Crippen LogP contribution in [0.4, 0.5) is 10.2 Å². The van der Waals surface area contributed by atoms with E-state index in [1.54, 1.807) is 59.4 Å². The molecule has 0 aliphatic rings. The molecule has 0 aliphatic heterocycles. The molecule has 32 heavy (non-hydrogen) atoms. The second-order valence-electron chi connectivity index (χ2n) is 7.37. The largest absolute Gasteiger partial charge is 0.487 e. The number of nitrogens with one attached hydrogen (secondary N) is 1. The lowest BCUT2D eigenvalue weighted by atomic mass is 10.1. The number of hydrogen-bond donors (Lipinski definition) is 1. The van der Waals surface area contributed by atoms with Crippen molar-refractivity contribution >= 4 is 23.3 Å². The molecular formula is C25H21ClFN3O2. The van der Waals surface area contributed by atoms with Crippen LogP contribution in [0.3, 0.4) is 0 Å². The summed E-state index contributed by atoms with van der Waals surface area (Å²) in [7, 11) is 0. The number of nitrogens with zero attached hydrogens (tertiary/aromatic N) is 2. The second-order valence-corrected chi connectivity index (χ2v) is 7.77. The van der Waals surface area contributed by atoms with Crippen LogP contribution in [0.15, 0.2) is 79.0 Å². The third kappa shape index (κ3) is 5.34. The van der Waals surface area contributed by atoms with Crippen molar-refractivity contribution in [3.63, 3.8) is 0 Å². The molecule has 0 spiro atoms. The predicted octanol–water partition coefficient (Wildman–Crippen LogP) is 5.86. The maximum atomic E-state index is 13.8. The third-order valence-corrected chi connectivity index (χ3v) is 5.15. The molecule has 162 valence electrons. The Balaban J connectivity index is 1.39. The molecule has 1 amide bonds. The van der Waals surface area contributed by atoms with Crippen LogP contribution < -0.4 is 10.1 Å². The topological polar surface area (TPSA) is 56.1 Å². The number of carbonyl (C=O) groups is 1. The van der Waals surface area contributed by atoms with Gasteiger partial charge in [0.2, 0.25) is 0 Å². The SMILES string of the molecule is Cc1ccc(Cl)c(OCc2cccc(C(=O)Nc3ccn(Cc4ccccc4F)n3)c2)c1. The number of hydrogen-bond acceptors (Lipinski definition) is 3. The first-order chi connectivity index (χ1) is 15.5. The molecule has 0 unspecified atom stereocenters. The third-order valence-electron chi connectivity index (χ3n) is 4.84. The minimum Gasteiger partial charge on any atom is -0.487 e. The first-order valence-electron chi connectivity index (χ1n) is 10.0. The van der Waals surface area contributed by atoms with Crippen molar-refractivity contribution in [2.24, 2.45) is 0 Å². The van der Waals surface area contributed by atoms with E-state index in [0.717, 1.165) is 11.1 Å². The second kappa shape index (κ2) is 9.66. The van der Waals surface area contributed by atoms with Crippen molar-refractivity contribution in [3.05, 3.63) is 112 Å². The monoisotopic (exact) mass is 449 g/mol. The number of amides is 1. The summed E-state index contributed by atoms with van der Waals surface area (Å²) < 4.78 is 21.2. The van der Waals surface area contributed by atoms with Crippen LogP contribution in [-0.4, -0.2) is 15.7 Å². The zero-order valence-corrected chi connectivity index (χ0v) is 18.1. The average molecular weight is 450 g/mol. The standard InChI is InChI=1S/C25H21ClFN3O2/c1-17-9-10-21(26)23(13-17)32-16-18-5-4-7-19(14-18)25(31)28-24-11-12-30(29-24)15-20-6-2-3-8-22(20)27/h2-14H,15-16H2,1H3,(H,28,29,31). The fourth-order valence-electron chi connectivity index (χ4n) is 3.19. The molecule has 0 aliphatic carbocycles. The van der Waals surface area contributed by atoms with E-state index in [9.17, 15) is 9.18 Å². The number of benzene rings is 3. The van der Waals surface area contributed by atoms with Crippen LogP contribution in [0.25, 0.3) is 0 Å². The minimum absolute atomic E-state index is 0.275. The first-order valence-corrected chi connectivity index (χ1v) is 10.4.